The van der Waals surface area contributed by atoms with Gasteiger partial charge in [0.2, 0.25) is 0 Å². The lowest BCUT2D eigenvalue weighted by Crippen LogP contribution is -2.22. The van der Waals surface area contributed by atoms with E-state index in [0.29, 0.717) is 19.0 Å². The van der Waals surface area contributed by atoms with Crippen LogP contribution in [0.1, 0.15) is 52.7 Å². The van der Waals surface area contributed by atoms with Crippen molar-refractivity contribution in [1.82, 2.24) is 0 Å². The van der Waals surface area contributed by atoms with E-state index in [4.69, 9.17) is 4.74 Å². The van der Waals surface area contributed by atoms with Crippen molar-refractivity contribution in [2.24, 2.45) is 0 Å². The Morgan fingerprint density at radius 1 is 0.683 bits per heavy atom. The number of hydrogen-bond donors (Lipinski definition) is 2. The summed E-state index contributed by atoms with van der Waals surface area (Å²) in [6, 6.07) is 33.5. The number of aromatic hydroxyl groups is 1. The molecule has 216 valence electrons. The summed E-state index contributed by atoms with van der Waals surface area (Å²) in [5.74, 6) is 1.28. The van der Waals surface area contributed by atoms with Gasteiger partial charge in [-0.05, 0) is 71.5 Å². The number of phenols is 1. The number of thioether (sulfide) groups is 1. The van der Waals surface area contributed by atoms with Crippen LogP contribution in [0.2, 0.25) is 0 Å². The fourth-order valence-electron chi connectivity index (χ4n) is 4.74. The molecular weight excluding hydrogens is 524 g/mol. The standard InChI is InChI=1S/C36H44N2O2S/c1-35(2,3)32-25-31(26-33(34(32)39)36(4,5)6)41-24-23-40-22-21-38(29-15-11-8-12-16-29)30-19-17-28(18-20-30)37-27-13-9-7-10-14-27/h7-20,25-26,37,39H,21-24H2,1-6H3. The number of nitrogens with zero attached hydrogens (tertiary/aromatic N) is 1. The van der Waals surface area contributed by atoms with Gasteiger partial charge in [0.25, 0.3) is 0 Å². The van der Waals surface area contributed by atoms with Crippen LogP contribution in [-0.4, -0.2) is 30.6 Å². The maximum Gasteiger partial charge on any atom is 0.123 e. The molecule has 0 fully saturated rings. The van der Waals surface area contributed by atoms with Crippen molar-refractivity contribution in [1.29, 1.82) is 0 Å². The Bertz CT molecular complexity index is 1340. The van der Waals surface area contributed by atoms with Gasteiger partial charge >= 0.3 is 0 Å². The zero-order chi connectivity index (χ0) is 29.5. The zero-order valence-electron chi connectivity index (χ0n) is 25.3. The number of para-hydroxylation sites is 2. The lowest BCUT2D eigenvalue weighted by atomic mass is 9.79. The number of phenolic OH excluding ortho intramolecular Hbond substituents is 1. The summed E-state index contributed by atoms with van der Waals surface area (Å²) in [7, 11) is 0. The lowest BCUT2D eigenvalue weighted by Gasteiger charge is -2.28. The Hall–Kier alpha value is -3.41. The fraction of sp³-hybridized carbons (Fsp3) is 0.333. The molecule has 0 aliphatic carbocycles. The van der Waals surface area contributed by atoms with Crippen molar-refractivity contribution < 1.29 is 9.84 Å². The molecule has 4 rings (SSSR count). The molecule has 0 aromatic heterocycles. The predicted octanol–water partition coefficient (Wildman–Crippen LogP) is 9.68. The highest BCUT2D eigenvalue weighted by atomic mass is 32.2. The highest BCUT2D eigenvalue weighted by Gasteiger charge is 2.26. The molecule has 4 aromatic carbocycles. The Kier molecular flexibility index (Phi) is 10.1. The zero-order valence-corrected chi connectivity index (χ0v) is 26.1. The summed E-state index contributed by atoms with van der Waals surface area (Å²) in [6.45, 7) is 14.9. The molecule has 0 bridgehead atoms. The maximum atomic E-state index is 11.0. The number of hydrogen-bond acceptors (Lipinski definition) is 5. The summed E-state index contributed by atoms with van der Waals surface area (Å²) in [6.07, 6.45) is 0. The van der Waals surface area contributed by atoms with Crippen molar-refractivity contribution in [2.75, 3.05) is 35.7 Å². The molecule has 0 atom stereocenters. The highest BCUT2D eigenvalue weighted by molar-refractivity contribution is 7.99. The molecule has 0 aliphatic heterocycles. The summed E-state index contributed by atoms with van der Waals surface area (Å²) >= 11 is 1.79. The molecule has 41 heavy (non-hydrogen) atoms. The molecule has 0 unspecified atom stereocenters. The van der Waals surface area contributed by atoms with E-state index in [2.05, 4.69) is 125 Å². The first-order valence-corrected chi connectivity index (χ1v) is 15.3. The van der Waals surface area contributed by atoms with Gasteiger partial charge in [0.1, 0.15) is 5.75 Å². The van der Waals surface area contributed by atoms with Crippen molar-refractivity contribution in [3.63, 3.8) is 0 Å². The van der Waals surface area contributed by atoms with Crippen molar-refractivity contribution in [2.45, 2.75) is 57.3 Å². The summed E-state index contributed by atoms with van der Waals surface area (Å²) in [4.78, 5) is 3.47. The van der Waals surface area contributed by atoms with E-state index in [9.17, 15) is 5.11 Å². The molecule has 4 aromatic rings. The van der Waals surface area contributed by atoms with E-state index in [1.165, 1.54) is 4.90 Å². The van der Waals surface area contributed by atoms with Crippen LogP contribution in [0.4, 0.5) is 22.7 Å². The van der Waals surface area contributed by atoms with Gasteiger partial charge in [0.05, 0.1) is 13.2 Å². The van der Waals surface area contributed by atoms with Gasteiger partial charge in [-0.3, -0.25) is 0 Å². The predicted molar refractivity (Wildman–Crippen MR) is 177 cm³/mol. The van der Waals surface area contributed by atoms with Crippen molar-refractivity contribution >= 4 is 34.5 Å². The van der Waals surface area contributed by atoms with Gasteiger partial charge < -0.3 is 20.1 Å². The quantitative estimate of drug-likeness (QED) is 0.139. The van der Waals surface area contributed by atoms with E-state index in [1.54, 1.807) is 11.8 Å². The van der Waals surface area contributed by atoms with Gasteiger partial charge in [-0.1, -0.05) is 77.9 Å². The summed E-state index contributed by atoms with van der Waals surface area (Å²) in [5.41, 5.74) is 6.13. The molecule has 0 spiro atoms. The van der Waals surface area contributed by atoms with Gasteiger partial charge in [-0.15, -0.1) is 11.8 Å². The maximum absolute atomic E-state index is 11.0. The Balaban J connectivity index is 1.36. The molecule has 0 saturated carbocycles. The van der Waals surface area contributed by atoms with Crippen LogP contribution < -0.4 is 10.2 Å². The number of nitrogens with one attached hydrogen (secondary N) is 1. The average Bonchev–Trinajstić information content (AvgIpc) is 2.94. The Morgan fingerprint density at radius 2 is 1.20 bits per heavy atom. The van der Waals surface area contributed by atoms with Crippen LogP contribution >= 0.6 is 11.8 Å². The number of rotatable bonds is 11. The molecule has 5 heteroatoms. The fourth-order valence-corrected chi connectivity index (χ4v) is 5.58. The molecule has 0 radical (unpaired) electrons. The van der Waals surface area contributed by atoms with Gasteiger partial charge in [0, 0.05) is 51.1 Å². The largest absolute Gasteiger partial charge is 0.507 e. The number of anilines is 4. The smallest absolute Gasteiger partial charge is 0.123 e. The van der Waals surface area contributed by atoms with Crippen LogP contribution in [0, 0.1) is 0 Å². The van der Waals surface area contributed by atoms with Crippen LogP contribution in [0.3, 0.4) is 0 Å². The van der Waals surface area contributed by atoms with Crippen molar-refractivity contribution in [3.05, 3.63) is 108 Å². The van der Waals surface area contributed by atoms with E-state index in [0.717, 1.165) is 46.2 Å². The molecule has 0 saturated heterocycles. The van der Waals surface area contributed by atoms with Crippen LogP contribution in [-0.2, 0) is 15.6 Å². The third-order valence-corrected chi connectivity index (χ3v) is 7.90. The molecule has 0 amide bonds. The minimum atomic E-state index is -0.131. The topological polar surface area (TPSA) is 44.7 Å². The first-order valence-electron chi connectivity index (χ1n) is 14.4. The van der Waals surface area contributed by atoms with Gasteiger partial charge in [0.15, 0.2) is 0 Å². The second-order valence-corrected chi connectivity index (χ2v) is 13.5. The van der Waals surface area contributed by atoms with Crippen LogP contribution in [0.15, 0.2) is 102 Å². The van der Waals surface area contributed by atoms with E-state index < -0.39 is 0 Å². The van der Waals surface area contributed by atoms with Gasteiger partial charge in [-0.25, -0.2) is 0 Å². The second-order valence-electron chi connectivity index (χ2n) is 12.4. The third-order valence-electron chi connectivity index (χ3n) is 6.96. The average molecular weight is 569 g/mol. The number of ether oxygens (including phenoxy) is 1. The summed E-state index contributed by atoms with van der Waals surface area (Å²) < 4.78 is 6.13. The molecular formula is C36H44N2O2S. The van der Waals surface area contributed by atoms with Crippen LogP contribution in [0.25, 0.3) is 0 Å². The van der Waals surface area contributed by atoms with Crippen LogP contribution in [0.5, 0.6) is 5.75 Å². The second kappa shape index (κ2) is 13.5. The normalized spacial score (nSPS) is 11.9. The highest BCUT2D eigenvalue weighted by Crippen LogP contribution is 2.41. The van der Waals surface area contributed by atoms with E-state index in [1.807, 2.05) is 24.3 Å². The monoisotopic (exact) mass is 568 g/mol. The van der Waals surface area contributed by atoms with E-state index in [-0.39, 0.29) is 10.8 Å². The Morgan fingerprint density at radius 3 is 1.76 bits per heavy atom. The molecule has 4 nitrogen and oxygen atoms in total. The summed E-state index contributed by atoms with van der Waals surface area (Å²) in [5, 5.41) is 14.5. The molecule has 0 heterocycles. The SMILES string of the molecule is CC(C)(C)c1cc(SCCOCCN(c2ccccc2)c2ccc(Nc3ccccc3)cc2)cc(C(C)(C)C)c1O. The first kappa shape index (κ1) is 30.5. The first-order chi connectivity index (χ1) is 19.5. The minimum Gasteiger partial charge on any atom is -0.507 e. The van der Waals surface area contributed by atoms with Crippen molar-refractivity contribution in [3.8, 4) is 5.75 Å². The molecule has 0 aliphatic rings. The number of benzene rings is 4. The Labute approximate surface area is 250 Å². The minimum absolute atomic E-state index is 0.131. The third kappa shape index (κ3) is 8.54. The van der Waals surface area contributed by atoms with E-state index >= 15 is 0 Å². The lowest BCUT2D eigenvalue weighted by molar-refractivity contribution is 0.158. The van der Waals surface area contributed by atoms with Gasteiger partial charge in [-0.2, -0.15) is 0 Å². The molecule has 2 N–H and O–H groups in total.